The average Bonchev–Trinajstić information content (AvgIpc) is 2.64. The standard InChI is InChI=1S/C19H20FNO5/c20-15-6-8-16(9-7-15)25-11-2-1-10-21-19(24)14-4-3-5-17(12-14)26-13-18(22)23/h3-9,12H,1-2,10-11,13H2,(H,21,24)(H,22,23). The van der Waals surface area contributed by atoms with Gasteiger partial charge in [0.15, 0.2) is 6.61 Å². The average molecular weight is 361 g/mol. The normalized spacial score (nSPS) is 10.2. The van der Waals surface area contributed by atoms with E-state index in [4.69, 9.17) is 14.6 Å². The van der Waals surface area contributed by atoms with Crippen molar-refractivity contribution in [2.24, 2.45) is 0 Å². The lowest BCUT2D eigenvalue weighted by atomic mass is 10.2. The molecule has 0 saturated carbocycles. The van der Waals surface area contributed by atoms with Gasteiger partial charge in [0.2, 0.25) is 0 Å². The Kier molecular flexibility index (Phi) is 7.42. The molecule has 26 heavy (non-hydrogen) atoms. The maximum absolute atomic E-state index is 12.8. The van der Waals surface area contributed by atoms with Crippen molar-refractivity contribution in [1.82, 2.24) is 5.32 Å². The summed E-state index contributed by atoms with van der Waals surface area (Å²) in [5.74, 6) is -0.716. The number of halogens is 1. The Morgan fingerprint density at radius 3 is 2.50 bits per heavy atom. The van der Waals surface area contributed by atoms with Crippen LogP contribution in [-0.2, 0) is 4.79 Å². The van der Waals surface area contributed by atoms with E-state index in [0.717, 1.165) is 12.8 Å². The number of carbonyl (C=O) groups excluding carboxylic acids is 1. The molecular weight excluding hydrogens is 341 g/mol. The second-order valence-electron chi connectivity index (χ2n) is 5.48. The number of aliphatic carboxylic acids is 1. The van der Waals surface area contributed by atoms with Crippen molar-refractivity contribution < 1.29 is 28.6 Å². The summed E-state index contributed by atoms with van der Waals surface area (Å²) in [6.45, 7) is 0.491. The molecule has 0 aliphatic rings. The van der Waals surface area contributed by atoms with Gasteiger partial charge in [0, 0.05) is 12.1 Å². The van der Waals surface area contributed by atoms with Crippen LogP contribution in [0, 0.1) is 5.82 Å². The Bertz CT molecular complexity index is 733. The largest absolute Gasteiger partial charge is 0.494 e. The number of hydrogen-bond donors (Lipinski definition) is 2. The van der Waals surface area contributed by atoms with Crippen LogP contribution in [0.4, 0.5) is 4.39 Å². The van der Waals surface area contributed by atoms with Crippen LogP contribution < -0.4 is 14.8 Å². The molecule has 0 heterocycles. The highest BCUT2D eigenvalue weighted by atomic mass is 19.1. The van der Waals surface area contributed by atoms with Crippen LogP contribution in [0.1, 0.15) is 23.2 Å². The maximum Gasteiger partial charge on any atom is 0.341 e. The fourth-order valence-electron chi connectivity index (χ4n) is 2.12. The van der Waals surface area contributed by atoms with Crippen LogP contribution in [0.5, 0.6) is 11.5 Å². The molecule has 0 bridgehead atoms. The van der Waals surface area contributed by atoms with Gasteiger partial charge in [-0.05, 0) is 55.3 Å². The second-order valence-corrected chi connectivity index (χ2v) is 5.48. The van der Waals surface area contributed by atoms with Crippen molar-refractivity contribution >= 4 is 11.9 Å². The smallest absolute Gasteiger partial charge is 0.341 e. The van der Waals surface area contributed by atoms with Crippen LogP contribution in [0.2, 0.25) is 0 Å². The van der Waals surface area contributed by atoms with Gasteiger partial charge in [0.25, 0.3) is 5.91 Å². The predicted molar refractivity (Wildman–Crippen MR) is 93.0 cm³/mol. The molecule has 2 aromatic carbocycles. The number of rotatable bonds is 10. The predicted octanol–water partition coefficient (Wildman–Crippen LogP) is 2.88. The summed E-state index contributed by atoms with van der Waals surface area (Å²) in [6.07, 6.45) is 1.46. The minimum atomic E-state index is -1.08. The lowest BCUT2D eigenvalue weighted by Crippen LogP contribution is -2.24. The van der Waals surface area contributed by atoms with Gasteiger partial charge in [0.05, 0.1) is 6.61 Å². The summed E-state index contributed by atoms with van der Waals surface area (Å²) in [6, 6.07) is 12.1. The second kappa shape index (κ2) is 10.0. The Labute approximate surface area is 150 Å². The van der Waals surface area contributed by atoms with E-state index in [9.17, 15) is 14.0 Å². The quantitative estimate of drug-likeness (QED) is 0.636. The van der Waals surface area contributed by atoms with Crippen LogP contribution in [-0.4, -0.2) is 36.7 Å². The van der Waals surface area contributed by atoms with Gasteiger partial charge in [-0.1, -0.05) is 6.07 Å². The molecule has 0 saturated heterocycles. The van der Waals surface area contributed by atoms with Gasteiger partial charge in [-0.25, -0.2) is 9.18 Å². The van der Waals surface area contributed by atoms with Crippen molar-refractivity contribution in [3.8, 4) is 11.5 Å². The van der Waals surface area contributed by atoms with Crippen LogP contribution in [0.15, 0.2) is 48.5 Å². The first-order chi connectivity index (χ1) is 12.5. The molecule has 2 rings (SSSR count). The van der Waals surface area contributed by atoms with E-state index < -0.39 is 12.6 Å². The first-order valence-corrected chi connectivity index (χ1v) is 8.16. The first kappa shape index (κ1) is 19.2. The van der Waals surface area contributed by atoms with Crippen molar-refractivity contribution in [2.45, 2.75) is 12.8 Å². The molecule has 0 radical (unpaired) electrons. The number of nitrogens with one attached hydrogen (secondary N) is 1. The van der Waals surface area contributed by atoms with E-state index in [1.54, 1.807) is 30.3 Å². The van der Waals surface area contributed by atoms with Crippen molar-refractivity contribution in [1.29, 1.82) is 0 Å². The first-order valence-electron chi connectivity index (χ1n) is 8.16. The summed E-state index contributed by atoms with van der Waals surface area (Å²) >= 11 is 0. The molecule has 6 nitrogen and oxygen atoms in total. The number of benzene rings is 2. The van der Waals surface area contributed by atoms with Gasteiger partial charge in [-0.15, -0.1) is 0 Å². The van der Waals surface area contributed by atoms with Crippen LogP contribution in [0.3, 0.4) is 0 Å². The Morgan fingerprint density at radius 1 is 1.00 bits per heavy atom. The molecule has 0 unspecified atom stereocenters. The lowest BCUT2D eigenvalue weighted by Gasteiger charge is -2.08. The topological polar surface area (TPSA) is 84.9 Å². The van der Waals surface area contributed by atoms with Gasteiger partial charge in [-0.3, -0.25) is 4.79 Å². The van der Waals surface area contributed by atoms with Crippen LogP contribution in [0.25, 0.3) is 0 Å². The fraction of sp³-hybridized carbons (Fsp3) is 0.263. The number of hydrogen-bond acceptors (Lipinski definition) is 4. The molecule has 1 amide bonds. The number of unbranched alkanes of at least 4 members (excludes halogenated alkanes) is 1. The zero-order chi connectivity index (χ0) is 18.8. The Balaban J connectivity index is 1.66. The highest BCUT2D eigenvalue weighted by Crippen LogP contribution is 2.13. The van der Waals surface area contributed by atoms with Gasteiger partial charge >= 0.3 is 5.97 Å². The number of amides is 1. The van der Waals surface area contributed by atoms with Gasteiger partial charge < -0.3 is 19.9 Å². The van der Waals surface area contributed by atoms with E-state index in [1.165, 1.54) is 18.2 Å². The maximum atomic E-state index is 12.8. The summed E-state index contributed by atoms with van der Waals surface area (Å²) < 4.78 is 23.3. The molecule has 0 spiro atoms. The van der Waals surface area contributed by atoms with E-state index in [-0.39, 0.29) is 11.7 Å². The Hall–Kier alpha value is -3.09. The molecule has 138 valence electrons. The molecule has 0 aromatic heterocycles. The Morgan fingerprint density at radius 2 is 1.77 bits per heavy atom. The summed E-state index contributed by atoms with van der Waals surface area (Å²) in [7, 11) is 0. The van der Waals surface area contributed by atoms with Crippen molar-refractivity contribution in [3.05, 3.63) is 59.9 Å². The van der Waals surface area contributed by atoms with Crippen LogP contribution >= 0.6 is 0 Å². The molecule has 0 aliphatic heterocycles. The number of carbonyl (C=O) groups is 2. The lowest BCUT2D eigenvalue weighted by molar-refractivity contribution is -0.139. The van der Waals surface area contributed by atoms with Gasteiger partial charge in [0.1, 0.15) is 17.3 Å². The highest BCUT2D eigenvalue weighted by molar-refractivity contribution is 5.94. The third-order valence-electron chi connectivity index (χ3n) is 3.40. The molecule has 7 heteroatoms. The summed E-state index contributed by atoms with van der Waals surface area (Å²) in [5.41, 5.74) is 0.399. The minimum absolute atomic E-state index is 0.259. The minimum Gasteiger partial charge on any atom is -0.494 e. The highest BCUT2D eigenvalue weighted by Gasteiger charge is 2.07. The fourth-order valence-corrected chi connectivity index (χ4v) is 2.12. The molecule has 0 aliphatic carbocycles. The monoisotopic (exact) mass is 361 g/mol. The molecular formula is C19H20FNO5. The van der Waals surface area contributed by atoms with Gasteiger partial charge in [-0.2, -0.15) is 0 Å². The van der Waals surface area contributed by atoms with Crippen molar-refractivity contribution in [2.75, 3.05) is 19.8 Å². The summed E-state index contributed by atoms with van der Waals surface area (Å²) in [4.78, 5) is 22.6. The molecule has 0 atom stereocenters. The molecule has 2 aromatic rings. The zero-order valence-electron chi connectivity index (χ0n) is 14.1. The van der Waals surface area contributed by atoms with E-state index in [1.807, 2.05) is 0 Å². The van der Waals surface area contributed by atoms with E-state index in [2.05, 4.69) is 5.32 Å². The number of carboxylic acid groups (broad SMARTS) is 1. The summed E-state index contributed by atoms with van der Waals surface area (Å²) in [5, 5.41) is 11.4. The molecule has 2 N–H and O–H groups in total. The number of ether oxygens (including phenoxy) is 2. The third-order valence-corrected chi connectivity index (χ3v) is 3.40. The number of carboxylic acids is 1. The van der Waals surface area contributed by atoms with E-state index >= 15 is 0 Å². The van der Waals surface area contributed by atoms with E-state index in [0.29, 0.717) is 30.2 Å². The third kappa shape index (κ3) is 6.80. The SMILES string of the molecule is O=C(O)COc1cccc(C(=O)NCCCCOc2ccc(F)cc2)c1. The molecule has 0 fully saturated rings. The van der Waals surface area contributed by atoms with Crippen molar-refractivity contribution in [3.63, 3.8) is 0 Å². The zero-order valence-corrected chi connectivity index (χ0v) is 14.1.